The van der Waals surface area contributed by atoms with Crippen molar-refractivity contribution in [2.75, 3.05) is 23.4 Å². The Bertz CT molecular complexity index is 1290. The van der Waals surface area contributed by atoms with Gasteiger partial charge in [0, 0.05) is 11.1 Å². The number of halogens is 1. The number of carbonyl (C=O) groups excluding carboxylic acids is 1. The van der Waals surface area contributed by atoms with Crippen molar-refractivity contribution in [3.8, 4) is 11.4 Å². The van der Waals surface area contributed by atoms with E-state index in [9.17, 15) is 18.5 Å². The molecule has 0 aliphatic heterocycles. The molecule has 186 valence electrons. The number of carboxylic acids is 1. The molecule has 10 nitrogen and oxygen atoms in total. The number of hydrogen-bond acceptors (Lipinski definition) is 7. The van der Waals surface area contributed by atoms with E-state index in [1.807, 2.05) is 26.8 Å². The molecule has 0 spiro atoms. The van der Waals surface area contributed by atoms with Gasteiger partial charge in [-0.3, -0.25) is 4.79 Å². The average Bonchev–Trinajstić information content (AvgIpc) is 3.24. The molecule has 3 aromatic rings. The molecule has 12 heteroatoms. The van der Waals surface area contributed by atoms with Crippen LogP contribution in [0.1, 0.15) is 52.7 Å². The molecule has 0 aliphatic carbocycles. The zero-order valence-electron chi connectivity index (χ0n) is 20.1. The zero-order valence-corrected chi connectivity index (χ0v) is 21.0. The average molecular weight is 505 g/mol. The lowest BCUT2D eigenvalue weighted by atomic mass is 9.86. The van der Waals surface area contributed by atoms with Crippen LogP contribution < -0.4 is 14.8 Å². The molecule has 1 atom stereocenters. The van der Waals surface area contributed by atoms with Gasteiger partial charge in [0.1, 0.15) is 11.5 Å². The van der Waals surface area contributed by atoms with Crippen LogP contribution in [-0.2, 0) is 16.8 Å². The molecule has 3 rings (SSSR count). The summed E-state index contributed by atoms with van der Waals surface area (Å²) in [6.07, 6.45) is 2.72. The first-order valence-electron chi connectivity index (χ1n) is 10.4. The summed E-state index contributed by atoms with van der Waals surface area (Å²) < 4.78 is 34.2. The van der Waals surface area contributed by atoms with Crippen molar-refractivity contribution in [3.63, 3.8) is 0 Å². The van der Waals surface area contributed by atoms with Gasteiger partial charge < -0.3 is 15.2 Å². The minimum absolute atomic E-state index is 0.0226. The number of nitrogens with zero attached hydrogens (tertiary/aromatic N) is 3. The van der Waals surface area contributed by atoms with Crippen LogP contribution in [-0.4, -0.2) is 49.9 Å². The number of ether oxygens (including phenoxy) is 1. The van der Waals surface area contributed by atoms with E-state index in [0.29, 0.717) is 17.1 Å². The van der Waals surface area contributed by atoms with E-state index in [0.717, 1.165) is 22.5 Å². The van der Waals surface area contributed by atoms with Crippen LogP contribution in [0.2, 0.25) is 0 Å². The van der Waals surface area contributed by atoms with Crippen LogP contribution in [0.5, 0.6) is 5.75 Å². The first-order valence-corrected chi connectivity index (χ1v) is 12.0. The molecule has 1 amide bonds. The molecule has 4 N–H and O–H groups in total. The molecule has 1 heterocycles. The van der Waals surface area contributed by atoms with Crippen molar-refractivity contribution in [2.45, 2.75) is 33.1 Å². The summed E-state index contributed by atoms with van der Waals surface area (Å²) in [6, 6.07) is 6.07. The molecular formula is C23H27FN5O5S+. The molecular weight excluding hydrogens is 477 g/mol. The fourth-order valence-electron chi connectivity index (χ4n) is 3.32. The minimum Gasteiger partial charge on any atom is -0.492 e. The number of carboxylic acid groups (broad SMARTS) is 1. The van der Waals surface area contributed by atoms with Crippen LogP contribution in [0, 0.1) is 12.7 Å². The highest BCUT2D eigenvalue weighted by Gasteiger charge is 2.24. The number of anilines is 2. The van der Waals surface area contributed by atoms with E-state index >= 15 is 0 Å². The van der Waals surface area contributed by atoms with Gasteiger partial charge in [-0.1, -0.05) is 26.0 Å². The lowest BCUT2D eigenvalue weighted by Gasteiger charge is -2.23. The second-order valence-corrected chi connectivity index (χ2v) is 10.0. The standard InChI is InChI=1S/C23H26FN5O5S/c1-12-15(24)7-13(8-19(12)29-11-18(22(31)32)26-28-29)21(30)25-16-9-14(23(2,3)4)10-17(20(16)34-5)27-35(6)33/h7-11,27,33H,1-6H3,(H-,25,30,31,32)/p+1. The van der Waals surface area contributed by atoms with E-state index in [-0.39, 0.29) is 27.9 Å². The number of aromatic carboxylic acids is 1. The van der Waals surface area contributed by atoms with E-state index < -0.39 is 29.1 Å². The minimum atomic E-state index is -1.28. The van der Waals surface area contributed by atoms with Crippen LogP contribution in [0.3, 0.4) is 0 Å². The van der Waals surface area contributed by atoms with Crippen molar-refractivity contribution >= 4 is 34.6 Å². The summed E-state index contributed by atoms with van der Waals surface area (Å²) in [4.78, 5) is 24.3. The summed E-state index contributed by atoms with van der Waals surface area (Å²) in [5, 5.41) is 19.1. The monoisotopic (exact) mass is 504 g/mol. The molecule has 0 aliphatic rings. The Hall–Kier alpha value is -3.64. The maximum Gasteiger partial charge on any atom is 0.358 e. The number of carbonyl (C=O) groups is 2. The molecule has 1 unspecified atom stereocenters. The van der Waals surface area contributed by atoms with Crippen LogP contribution >= 0.6 is 0 Å². The van der Waals surface area contributed by atoms with Gasteiger partial charge in [-0.05, 0) is 42.2 Å². The van der Waals surface area contributed by atoms with Crippen molar-refractivity contribution in [1.82, 2.24) is 15.0 Å². The molecule has 2 aromatic carbocycles. The number of nitrogens with one attached hydrogen (secondary N) is 2. The van der Waals surface area contributed by atoms with Crippen molar-refractivity contribution in [2.24, 2.45) is 0 Å². The second kappa shape index (κ2) is 9.92. The molecule has 0 radical (unpaired) electrons. The Labute approximate surface area is 204 Å². The number of aromatic nitrogens is 3. The first kappa shape index (κ1) is 26.0. The van der Waals surface area contributed by atoms with Crippen molar-refractivity contribution in [3.05, 3.63) is 58.7 Å². The van der Waals surface area contributed by atoms with Crippen LogP contribution in [0.15, 0.2) is 30.5 Å². The Morgan fingerprint density at radius 3 is 2.37 bits per heavy atom. The normalized spacial score (nSPS) is 12.2. The topological polar surface area (TPSA) is 139 Å². The number of hydrogen-bond donors (Lipinski definition) is 4. The largest absolute Gasteiger partial charge is 0.492 e. The first-order chi connectivity index (χ1) is 16.3. The number of rotatable bonds is 7. The van der Waals surface area contributed by atoms with Gasteiger partial charge in [0.05, 0.1) is 24.7 Å². The summed E-state index contributed by atoms with van der Waals surface area (Å²) in [7, 11) is 1.44. The zero-order chi connectivity index (χ0) is 26.1. The molecule has 35 heavy (non-hydrogen) atoms. The highest BCUT2D eigenvalue weighted by molar-refractivity contribution is 7.92. The van der Waals surface area contributed by atoms with Crippen LogP contribution in [0.4, 0.5) is 15.8 Å². The fourth-order valence-corrected chi connectivity index (χ4v) is 3.79. The Morgan fingerprint density at radius 2 is 1.83 bits per heavy atom. The van der Waals surface area contributed by atoms with Gasteiger partial charge in [0.25, 0.3) is 17.3 Å². The Morgan fingerprint density at radius 1 is 1.17 bits per heavy atom. The maximum absolute atomic E-state index is 14.7. The van der Waals surface area contributed by atoms with Gasteiger partial charge in [-0.25, -0.2) is 13.9 Å². The van der Waals surface area contributed by atoms with Gasteiger partial charge in [-0.2, -0.15) is 9.27 Å². The van der Waals surface area contributed by atoms with Gasteiger partial charge in [-0.15, -0.1) is 5.10 Å². The SMILES string of the molecule is COc1c(NC(=O)c2cc(F)c(C)c(-n3cc(C(=O)O)nn3)c2)cc(C(C)(C)C)cc1N[S+](C)O. The highest BCUT2D eigenvalue weighted by atomic mass is 32.2. The van der Waals surface area contributed by atoms with E-state index in [1.54, 1.807) is 12.3 Å². The predicted octanol–water partition coefficient (Wildman–Crippen LogP) is 4.02. The van der Waals surface area contributed by atoms with E-state index in [4.69, 9.17) is 9.84 Å². The smallest absolute Gasteiger partial charge is 0.358 e. The molecule has 0 saturated carbocycles. The fraction of sp³-hybridized carbons (Fsp3) is 0.304. The molecule has 0 saturated heterocycles. The highest BCUT2D eigenvalue weighted by Crippen LogP contribution is 2.39. The summed E-state index contributed by atoms with van der Waals surface area (Å²) in [5.74, 6) is -2.28. The molecule has 0 bridgehead atoms. The molecule has 1 aromatic heterocycles. The summed E-state index contributed by atoms with van der Waals surface area (Å²) >= 11 is -1.15. The van der Waals surface area contributed by atoms with Gasteiger partial charge in [0.2, 0.25) is 0 Å². The van der Waals surface area contributed by atoms with Gasteiger partial charge >= 0.3 is 5.97 Å². The van der Waals surface area contributed by atoms with E-state index in [2.05, 4.69) is 20.4 Å². The quantitative estimate of drug-likeness (QED) is 0.354. The van der Waals surface area contributed by atoms with Crippen molar-refractivity contribution in [1.29, 1.82) is 0 Å². The van der Waals surface area contributed by atoms with Crippen LogP contribution in [0.25, 0.3) is 5.69 Å². The third-order valence-electron chi connectivity index (χ3n) is 5.20. The van der Waals surface area contributed by atoms with Crippen molar-refractivity contribution < 1.29 is 28.4 Å². The summed E-state index contributed by atoms with van der Waals surface area (Å²) in [5.41, 5.74) is 1.39. The van der Waals surface area contributed by atoms with E-state index in [1.165, 1.54) is 20.1 Å². The Balaban J connectivity index is 2.06. The lowest BCUT2D eigenvalue weighted by Crippen LogP contribution is -2.18. The Kier molecular flexibility index (Phi) is 7.36. The number of amides is 1. The number of methoxy groups -OCH3 is 1. The number of benzene rings is 2. The molecule has 0 fully saturated rings. The third-order valence-corrected chi connectivity index (χ3v) is 5.72. The lowest BCUT2D eigenvalue weighted by molar-refractivity contribution is 0.0690. The third kappa shape index (κ3) is 5.72. The predicted molar refractivity (Wildman–Crippen MR) is 132 cm³/mol. The van der Waals surface area contributed by atoms with Gasteiger partial charge in [0.15, 0.2) is 17.7 Å². The summed E-state index contributed by atoms with van der Waals surface area (Å²) in [6.45, 7) is 7.49. The maximum atomic E-state index is 14.7. The second-order valence-electron chi connectivity index (χ2n) is 8.84.